The fourth-order valence-corrected chi connectivity index (χ4v) is 10.9. The van der Waals surface area contributed by atoms with Crippen LogP contribution in [0.4, 0.5) is 56.9 Å². The van der Waals surface area contributed by atoms with Crippen molar-refractivity contribution in [1.29, 1.82) is 0 Å². The zero-order valence-corrected chi connectivity index (χ0v) is 44.5. The Kier molecular flexibility index (Phi) is 13.3. The van der Waals surface area contributed by atoms with Crippen LogP contribution in [-0.2, 0) is 0 Å². The summed E-state index contributed by atoms with van der Waals surface area (Å²) in [6.45, 7) is 32.1. The van der Waals surface area contributed by atoms with E-state index in [2.05, 4.69) is 179 Å². The second-order valence-corrected chi connectivity index (χ2v) is 19.8. The minimum atomic E-state index is 0.374. The second-order valence-electron chi connectivity index (χ2n) is 19.8. The quantitative estimate of drug-likeness (QED) is 0.114. The zero-order chi connectivity index (χ0) is 56.2. The van der Waals surface area contributed by atoms with Crippen LogP contribution >= 0.6 is 0 Å². The molecule has 0 amide bonds. The molecule has 9 nitrogen and oxygen atoms in total. The molecule has 2 aromatic heterocycles. The Morgan fingerprint density at radius 1 is 0.301 bits per heavy atom. The van der Waals surface area contributed by atoms with Crippen LogP contribution in [0, 0.1) is 26.3 Å². The van der Waals surface area contributed by atoms with Crippen molar-refractivity contribution in [1.82, 2.24) is 14.5 Å². The molecule has 0 spiro atoms. The maximum absolute atomic E-state index is 8.46. The Balaban J connectivity index is 0.883. The lowest BCUT2D eigenvalue weighted by atomic mass is 9.95. The molecule has 0 unspecified atom stereocenters. The predicted molar refractivity (Wildman–Crippen MR) is 338 cm³/mol. The van der Waals surface area contributed by atoms with Crippen LogP contribution in [-0.4, -0.2) is 14.5 Å². The first kappa shape index (κ1) is 50.4. The molecule has 0 aliphatic carbocycles. The third kappa shape index (κ3) is 9.73. The van der Waals surface area contributed by atoms with E-state index in [0.717, 1.165) is 89.4 Å². The predicted octanol–water partition coefficient (Wildman–Crippen LogP) is 21.1. The summed E-state index contributed by atoms with van der Waals surface area (Å²) < 4.78 is 2.30. The number of aromatic nitrogens is 3. The van der Waals surface area contributed by atoms with E-state index in [9.17, 15) is 0 Å². The van der Waals surface area contributed by atoms with Gasteiger partial charge in [-0.25, -0.2) is 29.3 Å². The van der Waals surface area contributed by atoms with Crippen molar-refractivity contribution in [3.63, 3.8) is 0 Å². The van der Waals surface area contributed by atoms with Gasteiger partial charge in [0.25, 0.3) is 0 Å². The molecule has 0 N–H and O–H groups in total. The van der Waals surface area contributed by atoms with Gasteiger partial charge in [-0.3, -0.25) is 0 Å². The highest BCUT2D eigenvalue weighted by molar-refractivity contribution is 6.12. The van der Waals surface area contributed by atoms with Crippen molar-refractivity contribution in [3.8, 4) is 61.8 Å². The van der Waals surface area contributed by atoms with Gasteiger partial charge in [-0.15, -0.1) is 0 Å². The molecule has 0 saturated carbocycles. The summed E-state index contributed by atoms with van der Waals surface area (Å²) >= 11 is 0. The van der Waals surface area contributed by atoms with Crippen molar-refractivity contribution < 1.29 is 0 Å². The number of anilines is 6. The highest BCUT2D eigenvalue weighted by Crippen LogP contribution is 2.46. The fraction of sp³-hybridized carbons (Fsp3) is 0. The molecule has 0 bridgehead atoms. The van der Waals surface area contributed by atoms with E-state index in [4.69, 9.17) is 36.3 Å². The Bertz CT molecular complexity index is 4430. The van der Waals surface area contributed by atoms with Crippen molar-refractivity contribution in [2.24, 2.45) is 0 Å². The van der Waals surface area contributed by atoms with E-state index in [1.165, 1.54) is 0 Å². The molecule has 386 valence electrons. The lowest BCUT2D eigenvalue weighted by Crippen LogP contribution is -2.09. The highest BCUT2D eigenvalue weighted by Gasteiger charge is 2.22. The van der Waals surface area contributed by atoms with Crippen molar-refractivity contribution in [2.45, 2.75) is 0 Å². The summed E-state index contributed by atoms with van der Waals surface area (Å²) in [7, 11) is 0. The number of nitrogens with zero attached hydrogens (tertiary/aromatic N) is 9. The first-order chi connectivity index (χ1) is 40.9. The SMILES string of the molecule is [C-]#[N+]c1cccc(-c2cc(-c3ccc(-c4cc([N+]#[C-])c(-c5ccc(-n6c7ccc(N(c8ccccc8)c8ccccc8)cc7c7cc(N(c8ccccc8)c8ccccc8)ccc76)cc5)c([N+]#[C-])c4)cc3)nc(-c3cccc([N+]#[C-])c3)n2)c1. The molecule has 0 saturated heterocycles. The van der Waals surface area contributed by atoms with Gasteiger partial charge in [0.05, 0.1) is 48.7 Å². The molecular formula is C74H45N9. The third-order valence-corrected chi connectivity index (χ3v) is 14.8. The van der Waals surface area contributed by atoms with Crippen LogP contribution in [0.1, 0.15) is 0 Å². The number of rotatable bonds is 12. The normalized spacial score (nSPS) is 10.8. The summed E-state index contributed by atoms with van der Waals surface area (Å²) in [6, 6.07) is 91.4. The van der Waals surface area contributed by atoms with E-state index in [1.807, 2.05) is 103 Å². The van der Waals surface area contributed by atoms with Crippen LogP contribution < -0.4 is 9.80 Å². The van der Waals surface area contributed by atoms with E-state index in [-0.39, 0.29) is 0 Å². The maximum atomic E-state index is 8.46. The molecule has 11 aromatic carbocycles. The highest BCUT2D eigenvalue weighted by atomic mass is 15.1. The van der Waals surface area contributed by atoms with Crippen LogP contribution in [0.2, 0.25) is 0 Å². The summed E-state index contributed by atoms with van der Waals surface area (Å²) in [6.07, 6.45) is 0. The summed E-state index contributed by atoms with van der Waals surface area (Å²) in [5.74, 6) is 0.454. The van der Waals surface area contributed by atoms with Gasteiger partial charge in [0.1, 0.15) is 0 Å². The maximum Gasteiger partial charge on any atom is 0.187 e. The van der Waals surface area contributed by atoms with Gasteiger partial charge in [-0.1, -0.05) is 158 Å². The largest absolute Gasteiger partial charge is 0.310 e. The number of benzene rings is 11. The summed E-state index contributed by atoms with van der Waals surface area (Å²) in [5.41, 5.74) is 17.4. The number of para-hydroxylation sites is 4. The Hall–Kier alpha value is -12.1. The van der Waals surface area contributed by atoms with Crippen LogP contribution in [0.25, 0.3) is 103 Å². The molecule has 2 heterocycles. The molecule has 0 aliphatic heterocycles. The molecule has 13 rings (SSSR count). The van der Waals surface area contributed by atoms with Gasteiger partial charge in [0.15, 0.2) is 28.6 Å². The van der Waals surface area contributed by atoms with Crippen molar-refractivity contribution >= 4 is 78.7 Å². The minimum Gasteiger partial charge on any atom is -0.310 e. The molecule has 0 aliphatic rings. The first-order valence-electron chi connectivity index (χ1n) is 26.8. The van der Waals surface area contributed by atoms with Gasteiger partial charge in [0, 0.05) is 61.7 Å². The molecule has 13 aromatic rings. The summed E-state index contributed by atoms with van der Waals surface area (Å²) in [5, 5.41) is 2.15. The van der Waals surface area contributed by atoms with E-state index in [0.29, 0.717) is 51.1 Å². The topological polar surface area (TPSA) is 54.6 Å². The number of hydrogen-bond acceptors (Lipinski definition) is 4. The Morgan fingerprint density at radius 3 is 1.18 bits per heavy atom. The molecular weight excluding hydrogens is 1010 g/mol. The zero-order valence-electron chi connectivity index (χ0n) is 44.5. The van der Waals surface area contributed by atoms with Crippen LogP contribution in [0.15, 0.2) is 273 Å². The van der Waals surface area contributed by atoms with Crippen LogP contribution in [0.5, 0.6) is 0 Å². The average Bonchev–Trinajstić information content (AvgIpc) is 3.50. The summed E-state index contributed by atoms with van der Waals surface area (Å²) in [4.78, 5) is 29.8. The van der Waals surface area contributed by atoms with Crippen molar-refractivity contribution in [2.75, 3.05) is 9.80 Å². The molecule has 0 atom stereocenters. The Morgan fingerprint density at radius 2 is 0.723 bits per heavy atom. The van der Waals surface area contributed by atoms with E-state index in [1.54, 1.807) is 24.3 Å². The third-order valence-electron chi connectivity index (χ3n) is 14.8. The lowest BCUT2D eigenvalue weighted by molar-refractivity contribution is 1.18. The minimum absolute atomic E-state index is 0.374. The first-order valence-corrected chi connectivity index (χ1v) is 26.8. The van der Waals surface area contributed by atoms with Crippen LogP contribution in [0.3, 0.4) is 0 Å². The Labute approximate surface area is 481 Å². The number of fused-ring (bicyclic) bond motifs is 3. The molecule has 9 heteroatoms. The van der Waals surface area contributed by atoms with Gasteiger partial charge < -0.3 is 14.4 Å². The molecule has 0 fully saturated rings. The molecule has 0 radical (unpaired) electrons. The van der Waals surface area contributed by atoms with Crippen molar-refractivity contribution in [3.05, 3.63) is 319 Å². The van der Waals surface area contributed by atoms with E-state index >= 15 is 0 Å². The van der Waals surface area contributed by atoms with Gasteiger partial charge in [0.2, 0.25) is 0 Å². The lowest BCUT2D eigenvalue weighted by Gasteiger charge is -2.26. The van der Waals surface area contributed by atoms with E-state index < -0.39 is 0 Å². The molecule has 83 heavy (non-hydrogen) atoms. The van der Waals surface area contributed by atoms with Gasteiger partial charge >= 0.3 is 0 Å². The average molecular weight is 1060 g/mol. The second kappa shape index (κ2) is 21.9. The monoisotopic (exact) mass is 1060 g/mol. The van der Waals surface area contributed by atoms with Gasteiger partial charge in [-0.05, 0) is 143 Å². The fourth-order valence-electron chi connectivity index (χ4n) is 10.9. The van der Waals surface area contributed by atoms with Gasteiger partial charge in [-0.2, -0.15) is 0 Å². The number of hydrogen-bond donors (Lipinski definition) is 0. The standard InChI is InChI=1S/C74H45N9/c1-75-56-21-17-19-53(43-56)68-49-67(79-74(80-68)54-20-18-22-57(44-54)76-2)51-33-31-50(32-34-51)55-45-69(77-3)73(70(46-55)78-4)52-35-37-62(38-36-52)83-71-41-39-63(81(58-23-9-5-10-24-58)59-25-11-6-12-26-59)47-65(71)66-48-64(40-42-72(66)83)82(60-27-13-7-14-28-60)61-29-15-8-16-30-61/h5-49H. The smallest absolute Gasteiger partial charge is 0.187 e.